The summed E-state index contributed by atoms with van der Waals surface area (Å²) in [5.74, 6) is 0. The molecule has 0 heterocycles. The third-order valence-corrected chi connectivity index (χ3v) is 2.93. The van der Waals surface area contributed by atoms with E-state index in [1.54, 1.807) is 0 Å². The van der Waals surface area contributed by atoms with E-state index >= 15 is 0 Å². The van der Waals surface area contributed by atoms with Crippen molar-refractivity contribution in [1.82, 2.24) is 0 Å². The zero-order valence-electron chi connectivity index (χ0n) is 11.0. The second-order valence-corrected chi connectivity index (χ2v) is 4.27. The number of halogens is 1. The van der Waals surface area contributed by atoms with Gasteiger partial charge in [0, 0.05) is 5.70 Å². The van der Waals surface area contributed by atoms with Crippen LogP contribution < -0.4 is 11.5 Å². The van der Waals surface area contributed by atoms with Gasteiger partial charge in [0.1, 0.15) is 0 Å². The molecule has 0 spiro atoms. The lowest BCUT2D eigenvalue weighted by Crippen LogP contribution is -1.98. The molecule has 0 fully saturated rings. The van der Waals surface area contributed by atoms with Crippen molar-refractivity contribution >= 4 is 17.3 Å². The van der Waals surface area contributed by atoms with Gasteiger partial charge in [0.25, 0.3) is 0 Å². The highest BCUT2D eigenvalue weighted by Gasteiger charge is 2.05. The van der Waals surface area contributed by atoms with Crippen molar-refractivity contribution in [2.75, 3.05) is 7.05 Å². The van der Waals surface area contributed by atoms with E-state index in [0.717, 1.165) is 11.1 Å². The van der Waals surface area contributed by atoms with Crippen LogP contribution in [-0.2, 0) is 0 Å². The molecule has 19 heavy (non-hydrogen) atoms. The molecule has 0 radical (unpaired) electrons. The minimum absolute atomic E-state index is 0.198. The molecule has 3 heteroatoms. The number of alkyl halides is 1. The lowest BCUT2D eigenvalue weighted by Gasteiger charge is -2.07. The number of nitrogens with two attached hydrogens (primary N) is 2. The van der Waals surface area contributed by atoms with Gasteiger partial charge in [-0.1, -0.05) is 60.7 Å². The summed E-state index contributed by atoms with van der Waals surface area (Å²) in [4.78, 5) is 0. The normalized spacial score (nSPS) is 12.3. The van der Waals surface area contributed by atoms with Crippen LogP contribution in [0.15, 0.2) is 66.7 Å². The minimum Gasteiger partial charge on any atom is -0.398 e. The lowest BCUT2D eigenvalue weighted by atomic mass is 10.1. The highest BCUT2D eigenvalue weighted by atomic mass is 35.5. The van der Waals surface area contributed by atoms with Crippen molar-refractivity contribution in [2.45, 2.75) is 5.38 Å². The van der Waals surface area contributed by atoms with E-state index in [1.165, 1.54) is 7.05 Å². The Morgan fingerprint density at radius 1 is 0.947 bits per heavy atom. The predicted molar refractivity (Wildman–Crippen MR) is 83.8 cm³/mol. The van der Waals surface area contributed by atoms with E-state index in [0.29, 0.717) is 5.70 Å². The Hall–Kier alpha value is -1.77. The van der Waals surface area contributed by atoms with E-state index in [1.807, 2.05) is 66.7 Å². The first-order chi connectivity index (χ1) is 9.27. The Morgan fingerprint density at radius 2 is 1.42 bits per heavy atom. The predicted octanol–water partition coefficient (Wildman–Crippen LogP) is 3.54. The third kappa shape index (κ3) is 4.78. The quantitative estimate of drug-likeness (QED) is 0.841. The molecule has 2 aromatic carbocycles. The number of hydrogen-bond acceptors (Lipinski definition) is 2. The Morgan fingerprint density at radius 3 is 1.95 bits per heavy atom. The molecule has 2 nitrogen and oxygen atoms in total. The highest BCUT2D eigenvalue weighted by molar-refractivity contribution is 6.22. The first kappa shape index (κ1) is 15.3. The molecule has 0 aliphatic heterocycles. The molecule has 0 bridgehead atoms. The van der Waals surface area contributed by atoms with Crippen LogP contribution in [0, 0.1) is 0 Å². The first-order valence-corrected chi connectivity index (χ1v) is 6.50. The minimum atomic E-state index is -0.198. The molecule has 0 amide bonds. The average Bonchev–Trinajstić information content (AvgIpc) is 2.51. The van der Waals surface area contributed by atoms with Crippen molar-refractivity contribution in [3.8, 4) is 0 Å². The van der Waals surface area contributed by atoms with Gasteiger partial charge in [-0.05, 0) is 24.3 Å². The molecule has 1 unspecified atom stereocenters. The molecular formula is C16H19ClN2. The van der Waals surface area contributed by atoms with Crippen LogP contribution in [0.4, 0.5) is 0 Å². The highest BCUT2D eigenvalue weighted by Crippen LogP contribution is 2.24. The maximum absolute atomic E-state index is 6.29. The van der Waals surface area contributed by atoms with Crippen molar-refractivity contribution < 1.29 is 0 Å². The van der Waals surface area contributed by atoms with E-state index in [2.05, 4.69) is 5.73 Å². The average molecular weight is 275 g/mol. The summed E-state index contributed by atoms with van der Waals surface area (Å²) in [6.45, 7) is 0. The van der Waals surface area contributed by atoms with Gasteiger partial charge in [-0.25, -0.2) is 0 Å². The summed E-state index contributed by atoms with van der Waals surface area (Å²) in [7, 11) is 1.50. The molecule has 2 aromatic rings. The Bertz CT molecular complexity index is 495. The smallest absolute Gasteiger partial charge is 0.0789 e. The van der Waals surface area contributed by atoms with Crippen LogP contribution >= 0.6 is 11.6 Å². The summed E-state index contributed by atoms with van der Waals surface area (Å²) < 4.78 is 0. The monoisotopic (exact) mass is 274 g/mol. The molecule has 1 atom stereocenters. The Kier molecular flexibility index (Phi) is 6.72. The summed E-state index contributed by atoms with van der Waals surface area (Å²) in [5.41, 5.74) is 13.3. The molecule has 0 saturated carbocycles. The van der Waals surface area contributed by atoms with Gasteiger partial charge in [0.15, 0.2) is 0 Å². The molecule has 100 valence electrons. The van der Waals surface area contributed by atoms with Gasteiger partial charge < -0.3 is 11.5 Å². The maximum Gasteiger partial charge on any atom is 0.0789 e. The molecular weight excluding hydrogens is 256 g/mol. The molecule has 0 aliphatic carbocycles. The first-order valence-electron chi connectivity index (χ1n) is 6.07. The van der Waals surface area contributed by atoms with Gasteiger partial charge in [-0.15, -0.1) is 11.6 Å². The van der Waals surface area contributed by atoms with E-state index < -0.39 is 0 Å². The molecule has 0 aromatic heterocycles. The second kappa shape index (κ2) is 8.35. The fraction of sp³-hybridized carbons (Fsp3) is 0.125. The van der Waals surface area contributed by atoms with Crippen molar-refractivity contribution in [2.24, 2.45) is 11.5 Å². The number of benzene rings is 2. The van der Waals surface area contributed by atoms with Crippen LogP contribution in [0.1, 0.15) is 16.5 Å². The van der Waals surface area contributed by atoms with Crippen molar-refractivity contribution in [3.05, 3.63) is 77.9 Å². The SMILES string of the molecule is CN.N/C(=C\C(Cl)c1ccccc1)c1ccccc1. The number of allylic oxidation sites excluding steroid dienone is 1. The van der Waals surface area contributed by atoms with Crippen molar-refractivity contribution in [3.63, 3.8) is 0 Å². The molecule has 0 aliphatic rings. The van der Waals surface area contributed by atoms with Crippen LogP contribution in [0.3, 0.4) is 0 Å². The van der Waals surface area contributed by atoms with Crippen molar-refractivity contribution in [1.29, 1.82) is 0 Å². The van der Waals surface area contributed by atoms with E-state index in [4.69, 9.17) is 17.3 Å². The summed E-state index contributed by atoms with van der Waals surface area (Å²) in [6, 6.07) is 19.7. The van der Waals surface area contributed by atoms with Crippen LogP contribution in [-0.4, -0.2) is 7.05 Å². The third-order valence-electron chi connectivity index (χ3n) is 2.55. The summed E-state index contributed by atoms with van der Waals surface area (Å²) in [6.07, 6.45) is 1.87. The number of hydrogen-bond donors (Lipinski definition) is 2. The van der Waals surface area contributed by atoms with Gasteiger partial charge in [0.05, 0.1) is 5.38 Å². The molecule has 4 N–H and O–H groups in total. The zero-order chi connectivity index (χ0) is 14.1. The fourth-order valence-corrected chi connectivity index (χ4v) is 1.90. The fourth-order valence-electron chi connectivity index (χ4n) is 1.62. The van der Waals surface area contributed by atoms with Gasteiger partial charge in [0.2, 0.25) is 0 Å². The van der Waals surface area contributed by atoms with Gasteiger partial charge in [-0.2, -0.15) is 0 Å². The Balaban J connectivity index is 0.000000861. The van der Waals surface area contributed by atoms with Crippen LogP contribution in [0.5, 0.6) is 0 Å². The summed E-state index contributed by atoms with van der Waals surface area (Å²) >= 11 is 6.29. The largest absolute Gasteiger partial charge is 0.398 e. The van der Waals surface area contributed by atoms with E-state index in [-0.39, 0.29) is 5.38 Å². The van der Waals surface area contributed by atoms with Gasteiger partial charge in [-0.3, -0.25) is 0 Å². The van der Waals surface area contributed by atoms with E-state index in [9.17, 15) is 0 Å². The number of rotatable bonds is 3. The lowest BCUT2D eigenvalue weighted by molar-refractivity contribution is 1.21. The van der Waals surface area contributed by atoms with Gasteiger partial charge >= 0.3 is 0 Å². The summed E-state index contributed by atoms with van der Waals surface area (Å²) in [5, 5.41) is -0.198. The standard InChI is InChI=1S/C15H14ClN.CH5N/c16-14(12-7-3-1-4-8-12)11-15(17)13-9-5-2-6-10-13;1-2/h1-11,14H,17H2;2H2,1H3/b15-11-;. The molecule has 2 rings (SSSR count). The maximum atomic E-state index is 6.29. The second-order valence-electron chi connectivity index (χ2n) is 3.80. The molecule has 0 saturated heterocycles. The Labute approximate surface area is 119 Å². The van der Waals surface area contributed by atoms with Crippen LogP contribution in [0.2, 0.25) is 0 Å². The zero-order valence-corrected chi connectivity index (χ0v) is 11.7. The van der Waals surface area contributed by atoms with Crippen LogP contribution in [0.25, 0.3) is 5.70 Å². The topological polar surface area (TPSA) is 52.0 Å².